The first-order valence-corrected chi connectivity index (χ1v) is 15.7. The van der Waals surface area contributed by atoms with Gasteiger partial charge in [-0.1, -0.05) is 140 Å². The van der Waals surface area contributed by atoms with Crippen molar-refractivity contribution < 1.29 is 4.42 Å². The molecule has 0 saturated carbocycles. The average Bonchev–Trinajstić information content (AvgIpc) is 3.54. The summed E-state index contributed by atoms with van der Waals surface area (Å²) in [6.45, 7) is 0. The van der Waals surface area contributed by atoms with Crippen LogP contribution in [0.15, 0.2) is 168 Å². The van der Waals surface area contributed by atoms with E-state index in [-0.39, 0.29) is 0 Å². The molecule has 7 aromatic carbocycles. The highest BCUT2D eigenvalue weighted by Gasteiger charge is 2.15. The molecular weight excluding hydrogens is 574 g/mol. The van der Waals surface area contributed by atoms with E-state index in [1.165, 1.54) is 5.56 Å². The molecule has 0 unspecified atom stereocenters. The van der Waals surface area contributed by atoms with Crippen molar-refractivity contribution >= 4 is 32.7 Å². The number of furan rings is 1. The van der Waals surface area contributed by atoms with Crippen LogP contribution in [0.25, 0.3) is 89.1 Å². The van der Waals surface area contributed by atoms with E-state index in [1.807, 2.05) is 54.6 Å². The Kier molecular flexibility index (Phi) is 6.43. The zero-order chi connectivity index (χ0) is 31.2. The third kappa shape index (κ3) is 4.93. The maximum Gasteiger partial charge on any atom is 0.164 e. The fraction of sp³-hybridized carbons (Fsp3) is 0. The Labute approximate surface area is 271 Å². The highest BCUT2D eigenvalue weighted by molar-refractivity contribution is 6.12. The summed E-state index contributed by atoms with van der Waals surface area (Å²) in [4.78, 5) is 14.9. The SMILES string of the molecule is c1ccc(-c2ccc(-c3nc(-c4ccccc4)nc(-c4ccc5cc(-c6cccc7oc8ccccc8c67)ccc5c4)n3)cc2)cc1. The summed E-state index contributed by atoms with van der Waals surface area (Å²) in [6.07, 6.45) is 0. The smallest absolute Gasteiger partial charge is 0.164 e. The third-order valence-corrected chi connectivity index (χ3v) is 8.73. The molecule has 0 fully saturated rings. The zero-order valence-electron chi connectivity index (χ0n) is 25.3. The standard InChI is InChI=1S/C43H27N3O/c1-3-10-28(11-4-1)29-18-20-31(21-19-29)42-44-41(30-12-5-2-6-13-30)45-43(46-42)35-25-23-32-26-34(24-22-33(32)27-35)36-15-9-17-39-40(36)37-14-7-8-16-38(37)47-39/h1-27H. The molecule has 0 radical (unpaired) electrons. The van der Waals surface area contributed by atoms with Crippen LogP contribution >= 0.6 is 0 Å². The van der Waals surface area contributed by atoms with Gasteiger partial charge in [-0.15, -0.1) is 0 Å². The van der Waals surface area contributed by atoms with Gasteiger partial charge in [0.1, 0.15) is 11.2 Å². The lowest BCUT2D eigenvalue weighted by molar-refractivity contribution is 0.669. The van der Waals surface area contributed by atoms with Gasteiger partial charge in [-0.3, -0.25) is 0 Å². The summed E-state index contributed by atoms with van der Waals surface area (Å²) >= 11 is 0. The van der Waals surface area contributed by atoms with Gasteiger partial charge in [0, 0.05) is 27.5 Å². The Balaban J connectivity index is 1.13. The molecule has 0 saturated heterocycles. The molecule has 47 heavy (non-hydrogen) atoms. The van der Waals surface area contributed by atoms with Crippen molar-refractivity contribution in [3.8, 4) is 56.4 Å². The van der Waals surface area contributed by atoms with Gasteiger partial charge in [0.25, 0.3) is 0 Å². The average molecular weight is 602 g/mol. The van der Waals surface area contributed by atoms with Crippen molar-refractivity contribution in [3.05, 3.63) is 164 Å². The molecule has 0 amide bonds. The van der Waals surface area contributed by atoms with Crippen molar-refractivity contribution in [1.82, 2.24) is 15.0 Å². The number of hydrogen-bond donors (Lipinski definition) is 0. The number of para-hydroxylation sites is 1. The van der Waals surface area contributed by atoms with Crippen LogP contribution in [0.3, 0.4) is 0 Å². The van der Waals surface area contributed by atoms with Gasteiger partial charge in [-0.25, -0.2) is 15.0 Å². The lowest BCUT2D eigenvalue weighted by atomic mass is 9.96. The van der Waals surface area contributed by atoms with Gasteiger partial charge >= 0.3 is 0 Å². The number of benzene rings is 7. The second-order valence-corrected chi connectivity index (χ2v) is 11.7. The summed E-state index contributed by atoms with van der Waals surface area (Å²) in [5.41, 5.74) is 9.26. The Morgan fingerprint density at radius 2 is 0.830 bits per heavy atom. The van der Waals surface area contributed by atoms with Crippen LogP contribution in [0.4, 0.5) is 0 Å². The first-order valence-electron chi connectivity index (χ1n) is 15.7. The largest absolute Gasteiger partial charge is 0.456 e. The first kappa shape index (κ1) is 27.0. The fourth-order valence-electron chi connectivity index (χ4n) is 6.36. The van der Waals surface area contributed by atoms with Gasteiger partial charge in [-0.2, -0.15) is 0 Å². The molecule has 220 valence electrons. The fourth-order valence-corrected chi connectivity index (χ4v) is 6.36. The van der Waals surface area contributed by atoms with Gasteiger partial charge < -0.3 is 4.42 Å². The van der Waals surface area contributed by atoms with Gasteiger partial charge in [0.2, 0.25) is 0 Å². The number of fused-ring (bicyclic) bond motifs is 4. The van der Waals surface area contributed by atoms with Crippen LogP contribution in [0.2, 0.25) is 0 Å². The predicted molar refractivity (Wildman–Crippen MR) is 192 cm³/mol. The molecule has 0 bridgehead atoms. The minimum atomic E-state index is 0.640. The number of nitrogens with zero attached hydrogens (tertiary/aromatic N) is 3. The highest BCUT2D eigenvalue weighted by atomic mass is 16.3. The molecule has 0 aliphatic heterocycles. The van der Waals surface area contributed by atoms with Crippen LogP contribution in [0.1, 0.15) is 0 Å². The van der Waals surface area contributed by atoms with Crippen molar-refractivity contribution in [2.45, 2.75) is 0 Å². The number of hydrogen-bond acceptors (Lipinski definition) is 4. The van der Waals surface area contributed by atoms with E-state index in [0.717, 1.165) is 66.1 Å². The molecule has 0 aliphatic rings. The van der Waals surface area contributed by atoms with E-state index in [9.17, 15) is 0 Å². The molecule has 2 aromatic heterocycles. The van der Waals surface area contributed by atoms with E-state index in [2.05, 4.69) is 109 Å². The van der Waals surface area contributed by atoms with E-state index >= 15 is 0 Å². The number of rotatable bonds is 5. The summed E-state index contributed by atoms with van der Waals surface area (Å²) in [5, 5.41) is 4.53. The van der Waals surface area contributed by atoms with Crippen LogP contribution in [-0.2, 0) is 0 Å². The van der Waals surface area contributed by atoms with Crippen LogP contribution < -0.4 is 0 Å². The van der Waals surface area contributed by atoms with Crippen LogP contribution in [-0.4, -0.2) is 15.0 Å². The molecule has 2 heterocycles. The minimum absolute atomic E-state index is 0.640. The van der Waals surface area contributed by atoms with Gasteiger partial charge in [0.15, 0.2) is 17.5 Å². The molecule has 0 N–H and O–H groups in total. The van der Waals surface area contributed by atoms with Gasteiger partial charge in [-0.05, 0) is 57.3 Å². The Morgan fingerprint density at radius 3 is 1.55 bits per heavy atom. The maximum atomic E-state index is 6.16. The lowest BCUT2D eigenvalue weighted by Gasteiger charge is -2.10. The van der Waals surface area contributed by atoms with Crippen LogP contribution in [0, 0.1) is 0 Å². The van der Waals surface area contributed by atoms with Crippen LogP contribution in [0.5, 0.6) is 0 Å². The number of aromatic nitrogens is 3. The zero-order valence-corrected chi connectivity index (χ0v) is 25.3. The van der Waals surface area contributed by atoms with E-state index < -0.39 is 0 Å². The summed E-state index contributed by atoms with van der Waals surface area (Å²) < 4.78 is 6.16. The summed E-state index contributed by atoms with van der Waals surface area (Å²) in [7, 11) is 0. The minimum Gasteiger partial charge on any atom is -0.456 e. The Hall–Kier alpha value is -6.39. The summed E-state index contributed by atoms with van der Waals surface area (Å²) in [5.74, 6) is 1.93. The second-order valence-electron chi connectivity index (χ2n) is 11.7. The summed E-state index contributed by atoms with van der Waals surface area (Å²) in [6, 6.07) is 56.4. The highest BCUT2D eigenvalue weighted by Crippen LogP contribution is 2.38. The van der Waals surface area contributed by atoms with Crippen molar-refractivity contribution in [1.29, 1.82) is 0 Å². The lowest BCUT2D eigenvalue weighted by Crippen LogP contribution is -2.00. The molecule has 0 spiro atoms. The third-order valence-electron chi connectivity index (χ3n) is 8.73. The van der Waals surface area contributed by atoms with Crippen molar-refractivity contribution in [2.24, 2.45) is 0 Å². The van der Waals surface area contributed by atoms with Crippen molar-refractivity contribution in [3.63, 3.8) is 0 Å². The molecule has 0 aliphatic carbocycles. The molecular formula is C43H27N3O. The quantitative estimate of drug-likeness (QED) is 0.197. The predicted octanol–water partition coefficient (Wildman–Crippen LogP) is 11.3. The van der Waals surface area contributed by atoms with E-state index in [4.69, 9.17) is 19.4 Å². The molecule has 0 atom stereocenters. The Morgan fingerprint density at radius 1 is 0.340 bits per heavy atom. The normalized spacial score (nSPS) is 11.4. The van der Waals surface area contributed by atoms with Crippen molar-refractivity contribution in [2.75, 3.05) is 0 Å². The monoisotopic (exact) mass is 601 g/mol. The molecule has 4 heteroatoms. The van der Waals surface area contributed by atoms with E-state index in [0.29, 0.717) is 17.5 Å². The topological polar surface area (TPSA) is 51.8 Å². The van der Waals surface area contributed by atoms with E-state index in [1.54, 1.807) is 0 Å². The molecule has 9 aromatic rings. The maximum absolute atomic E-state index is 6.16. The molecule has 9 rings (SSSR count). The molecule has 4 nitrogen and oxygen atoms in total. The first-order chi connectivity index (χ1) is 23.3. The Bertz CT molecular complexity index is 2550. The van der Waals surface area contributed by atoms with Gasteiger partial charge in [0.05, 0.1) is 0 Å². The second kappa shape index (κ2) is 11.2.